The van der Waals surface area contributed by atoms with E-state index in [9.17, 15) is 4.79 Å². The van der Waals surface area contributed by atoms with Crippen LogP contribution in [0, 0.1) is 0 Å². The molecule has 3 aromatic rings. The van der Waals surface area contributed by atoms with Crippen LogP contribution in [0.2, 0.25) is 0 Å². The second-order valence-electron chi connectivity index (χ2n) is 5.94. The van der Waals surface area contributed by atoms with Gasteiger partial charge in [0.25, 0.3) is 5.91 Å². The lowest BCUT2D eigenvalue weighted by molar-refractivity contribution is 0.102. The molecule has 25 heavy (non-hydrogen) atoms. The first-order valence-corrected chi connectivity index (χ1v) is 8.21. The van der Waals surface area contributed by atoms with Crippen LogP contribution in [0.25, 0.3) is 11.1 Å². The zero-order valence-corrected chi connectivity index (χ0v) is 14.3. The third-order valence-electron chi connectivity index (χ3n) is 3.60. The third-order valence-corrected chi connectivity index (χ3v) is 3.60. The largest absolute Gasteiger partial charge is 0.491 e. The van der Waals surface area contributed by atoms with E-state index in [2.05, 4.69) is 10.3 Å². The summed E-state index contributed by atoms with van der Waals surface area (Å²) in [5.41, 5.74) is 2.63. The van der Waals surface area contributed by atoms with Crippen LogP contribution in [0.15, 0.2) is 72.9 Å². The molecule has 0 bridgehead atoms. The van der Waals surface area contributed by atoms with Crippen molar-refractivity contribution in [1.29, 1.82) is 0 Å². The Morgan fingerprint density at radius 2 is 1.60 bits per heavy atom. The topological polar surface area (TPSA) is 51.2 Å². The van der Waals surface area contributed by atoms with Crippen molar-refractivity contribution < 1.29 is 9.53 Å². The monoisotopic (exact) mass is 332 g/mol. The minimum atomic E-state index is -0.170. The molecular weight excluding hydrogens is 312 g/mol. The van der Waals surface area contributed by atoms with Crippen molar-refractivity contribution in [2.24, 2.45) is 0 Å². The van der Waals surface area contributed by atoms with Gasteiger partial charge in [-0.3, -0.25) is 4.79 Å². The van der Waals surface area contributed by atoms with Gasteiger partial charge in [-0.25, -0.2) is 4.98 Å². The number of anilines is 1. The molecule has 4 heteroatoms. The van der Waals surface area contributed by atoms with Gasteiger partial charge >= 0.3 is 0 Å². The number of amides is 1. The van der Waals surface area contributed by atoms with E-state index in [4.69, 9.17) is 4.74 Å². The van der Waals surface area contributed by atoms with Crippen LogP contribution >= 0.6 is 0 Å². The molecular formula is C21H20N2O2. The molecule has 0 aliphatic rings. The molecule has 0 saturated heterocycles. The van der Waals surface area contributed by atoms with E-state index >= 15 is 0 Å². The lowest BCUT2D eigenvalue weighted by Crippen LogP contribution is -2.12. The average Bonchev–Trinajstić information content (AvgIpc) is 2.63. The van der Waals surface area contributed by atoms with Gasteiger partial charge in [0, 0.05) is 17.3 Å². The van der Waals surface area contributed by atoms with E-state index in [-0.39, 0.29) is 12.0 Å². The number of hydrogen-bond donors (Lipinski definition) is 1. The fourth-order valence-electron chi connectivity index (χ4n) is 2.41. The fraction of sp³-hybridized carbons (Fsp3) is 0.143. The van der Waals surface area contributed by atoms with Gasteiger partial charge in [-0.05, 0) is 55.8 Å². The lowest BCUT2D eigenvalue weighted by Gasteiger charge is -2.10. The molecule has 1 aromatic heterocycles. The molecule has 0 radical (unpaired) electrons. The van der Waals surface area contributed by atoms with Gasteiger partial charge < -0.3 is 10.1 Å². The van der Waals surface area contributed by atoms with Gasteiger partial charge in [-0.15, -0.1) is 0 Å². The third kappa shape index (κ3) is 4.44. The van der Waals surface area contributed by atoms with Gasteiger partial charge in [0.2, 0.25) is 0 Å². The predicted molar refractivity (Wildman–Crippen MR) is 99.8 cm³/mol. The van der Waals surface area contributed by atoms with Crippen LogP contribution in [0.3, 0.4) is 0 Å². The first-order valence-electron chi connectivity index (χ1n) is 8.21. The summed E-state index contributed by atoms with van der Waals surface area (Å²) in [6, 6.07) is 20.7. The number of carbonyl (C=O) groups is 1. The van der Waals surface area contributed by atoms with E-state index in [0.29, 0.717) is 11.4 Å². The molecule has 126 valence electrons. The standard InChI is InChI=1S/C21H20N2O2/c1-15(2)25-19-11-8-16(9-12-19)18-10-13-20(22-14-18)23-21(24)17-6-4-3-5-7-17/h3-15H,1-2H3,(H,22,23,24). The van der Waals surface area contributed by atoms with Crippen LogP contribution in [0.5, 0.6) is 5.75 Å². The highest BCUT2D eigenvalue weighted by Gasteiger charge is 2.06. The van der Waals surface area contributed by atoms with E-state index in [1.807, 2.05) is 62.4 Å². The average molecular weight is 332 g/mol. The molecule has 0 atom stereocenters. The fourth-order valence-corrected chi connectivity index (χ4v) is 2.41. The van der Waals surface area contributed by atoms with Crippen molar-refractivity contribution in [1.82, 2.24) is 4.98 Å². The zero-order valence-electron chi connectivity index (χ0n) is 14.3. The molecule has 1 amide bonds. The van der Waals surface area contributed by atoms with E-state index in [1.165, 1.54) is 0 Å². The van der Waals surface area contributed by atoms with Crippen molar-refractivity contribution in [2.75, 3.05) is 5.32 Å². The number of nitrogens with zero attached hydrogens (tertiary/aromatic N) is 1. The molecule has 4 nitrogen and oxygen atoms in total. The molecule has 0 spiro atoms. The Labute approximate surface area is 147 Å². The second kappa shape index (κ2) is 7.62. The maximum Gasteiger partial charge on any atom is 0.256 e. The van der Waals surface area contributed by atoms with Crippen molar-refractivity contribution in [2.45, 2.75) is 20.0 Å². The Hall–Kier alpha value is -3.14. The SMILES string of the molecule is CC(C)Oc1ccc(-c2ccc(NC(=O)c3ccccc3)nc2)cc1. The van der Waals surface area contributed by atoms with Crippen LogP contribution in [-0.2, 0) is 0 Å². The minimum absolute atomic E-state index is 0.153. The summed E-state index contributed by atoms with van der Waals surface area (Å²) in [7, 11) is 0. The van der Waals surface area contributed by atoms with Gasteiger partial charge in [0.05, 0.1) is 6.10 Å². The number of aromatic nitrogens is 1. The molecule has 2 aromatic carbocycles. The normalized spacial score (nSPS) is 10.5. The van der Waals surface area contributed by atoms with E-state index < -0.39 is 0 Å². The summed E-state index contributed by atoms with van der Waals surface area (Å²) in [6.07, 6.45) is 1.90. The highest BCUT2D eigenvalue weighted by molar-refractivity contribution is 6.03. The summed E-state index contributed by atoms with van der Waals surface area (Å²) < 4.78 is 5.65. The molecule has 0 unspecified atom stereocenters. The Balaban J connectivity index is 1.69. The number of pyridine rings is 1. The van der Waals surface area contributed by atoms with Crippen molar-refractivity contribution in [3.63, 3.8) is 0 Å². The summed E-state index contributed by atoms with van der Waals surface area (Å²) in [5.74, 6) is 1.20. The lowest BCUT2D eigenvalue weighted by atomic mass is 10.1. The Morgan fingerprint density at radius 3 is 2.20 bits per heavy atom. The number of carbonyl (C=O) groups excluding carboxylic acids is 1. The summed E-state index contributed by atoms with van der Waals surface area (Å²) in [6.45, 7) is 4.00. The molecule has 0 aliphatic carbocycles. The highest BCUT2D eigenvalue weighted by atomic mass is 16.5. The predicted octanol–water partition coefficient (Wildman–Crippen LogP) is 4.79. The first-order chi connectivity index (χ1) is 12.1. The van der Waals surface area contributed by atoms with Crippen LogP contribution < -0.4 is 10.1 Å². The van der Waals surface area contributed by atoms with Crippen molar-refractivity contribution >= 4 is 11.7 Å². The van der Waals surface area contributed by atoms with Crippen LogP contribution in [-0.4, -0.2) is 17.0 Å². The molecule has 1 heterocycles. The second-order valence-corrected chi connectivity index (χ2v) is 5.94. The van der Waals surface area contributed by atoms with Crippen LogP contribution in [0.4, 0.5) is 5.82 Å². The Morgan fingerprint density at radius 1 is 0.920 bits per heavy atom. The van der Waals surface area contributed by atoms with Crippen molar-refractivity contribution in [3.8, 4) is 16.9 Å². The molecule has 1 N–H and O–H groups in total. The number of nitrogens with one attached hydrogen (secondary N) is 1. The first kappa shape index (κ1) is 16.7. The molecule has 0 saturated carbocycles. The number of rotatable bonds is 5. The van der Waals surface area contributed by atoms with Crippen LogP contribution in [0.1, 0.15) is 24.2 Å². The maximum absolute atomic E-state index is 12.1. The zero-order chi connectivity index (χ0) is 17.6. The maximum atomic E-state index is 12.1. The molecule has 0 fully saturated rings. The van der Waals surface area contributed by atoms with Gasteiger partial charge in [-0.2, -0.15) is 0 Å². The van der Waals surface area contributed by atoms with Gasteiger partial charge in [0.1, 0.15) is 11.6 Å². The molecule has 0 aliphatic heterocycles. The van der Waals surface area contributed by atoms with Crippen molar-refractivity contribution in [3.05, 3.63) is 78.5 Å². The smallest absolute Gasteiger partial charge is 0.256 e. The summed E-state index contributed by atoms with van der Waals surface area (Å²) >= 11 is 0. The Kier molecular flexibility index (Phi) is 5.09. The number of hydrogen-bond acceptors (Lipinski definition) is 3. The van der Waals surface area contributed by atoms with E-state index in [0.717, 1.165) is 16.9 Å². The minimum Gasteiger partial charge on any atom is -0.491 e. The number of ether oxygens (including phenoxy) is 1. The summed E-state index contributed by atoms with van der Waals surface area (Å²) in [4.78, 5) is 16.5. The van der Waals surface area contributed by atoms with Gasteiger partial charge in [-0.1, -0.05) is 30.3 Å². The van der Waals surface area contributed by atoms with E-state index in [1.54, 1.807) is 24.4 Å². The highest BCUT2D eigenvalue weighted by Crippen LogP contribution is 2.23. The van der Waals surface area contributed by atoms with Gasteiger partial charge in [0.15, 0.2) is 0 Å². The number of benzene rings is 2. The summed E-state index contributed by atoms with van der Waals surface area (Å²) in [5, 5.41) is 2.80. The molecule has 3 rings (SSSR count). The quantitative estimate of drug-likeness (QED) is 0.731. The Bertz CT molecular complexity index is 826.